The minimum absolute atomic E-state index is 0.000677. The van der Waals surface area contributed by atoms with Crippen LogP contribution in [0.4, 0.5) is 5.69 Å². The molecule has 0 unspecified atom stereocenters. The van der Waals surface area contributed by atoms with Crippen molar-refractivity contribution >= 4 is 17.5 Å². The Morgan fingerprint density at radius 2 is 1.68 bits per heavy atom. The van der Waals surface area contributed by atoms with Crippen LogP contribution in [0.2, 0.25) is 0 Å². The molecule has 3 rings (SSSR count). The van der Waals surface area contributed by atoms with Gasteiger partial charge < -0.3 is 15.1 Å². The van der Waals surface area contributed by atoms with Crippen molar-refractivity contribution in [2.45, 2.75) is 13.8 Å². The van der Waals surface area contributed by atoms with E-state index in [4.69, 9.17) is 5.26 Å². The smallest absolute Gasteiger partial charge is 0.279 e. The molecule has 1 aliphatic heterocycles. The lowest BCUT2D eigenvalue weighted by Gasteiger charge is -2.32. The van der Waals surface area contributed by atoms with Gasteiger partial charge in [-0.15, -0.1) is 0 Å². The Morgan fingerprint density at radius 1 is 1.07 bits per heavy atom. The fourth-order valence-electron chi connectivity index (χ4n) is 3.50. The number of para-hydroxylation sites is 1. The number of hydrogen-bond donors (Lipinski definition) is 2. The summed E-state index contributed by atoms with van der Waals surface area (Å²) < 4.78 is 0. The van der Waals surface area contributed by atoms with Crippen LogP contribution >= 0.6 is 0 Å². The zero-order chi connectivity index (χ0) is 20.1. The van der Waals surface area contributed by atoms with E-state index < -0.39 is 0 Å². The van der Waals surface area contributed by atoms with Gasteiger partial charge in [-0.05, 0) is 49.2 Å². The Morgan fingerprint density at radius 3 is 2.25 bits per heavy atom. The Bertz CT molecular complexity index is 887. The molecule has 1 saturated heterocycles. The molecule has 28 heavy (non-hydrogen) atoms. The molecule has 0 spiro atoms. The van der Waals surface area contributed by atoms with Gasteiger partial charge >= 0.3 is 0 Å². The van der Waals surface area contributed by atoms with E-state index in [-0.39, 0.29) is 11.8 Å². The quantitative estimate of drug-likeness (QED) is 0.839. The van der Waals surface area contributed by atoms with Crippen molar-refractivity contribution in [3.63, 3.8) is 0 Å². The van der Waals surface area contributed by atoms with E-state index in [9.17, 15) is 9.59 Å². The minimum Gasteiger partial charge on any atom is -0.327 e. The average molecular weight is 377 g/mol. The summed E-state index contributed by atoms with van der Waals surface area (Å²) in [6.07, 6.45) is 0. The third-order valence-electron chi connectivity index (χ3n) is 5.17. The van der Waals surface area contributed by atoms with Crippen molar-refractivity contribution in [2.24, 2.45) is 0 Å². The fourth-order valence-corrected chi connectivity index (χ4v) is 3.50. The number of piperazine rings is 1. The number of hydrogen-bond acceptors (Lipinski definition) is 3. The summed E-state index contributed by atoms with van der Waals surface area (Å²) in [5, 5.41) is 11.9. The number of nitriles is 1. The molecule has 0 radical (unpaired) electrons. The van der Waals surface area contributed by atoms with Crippen molar-refractivity contribution in [3.8, 4) is 6.07 Å². The molecule has 2 amide bonds. The van der Waals surface area contributed by atoms with E-state index in [1.165, 1.54) is 4.90 Å². The number of anilines is 1. The van der Waals surface area contributed by atoms with Crippen LogP contribution in [-0.4, -0.2) is 49.4 Å². The third kappa shape index (κ3) is 4.56. The summed E-state index contributed by atoms with van der Waals surface area (Å²) in [7, 11) is 0. The van der Waals surface area contributed by atoms with E-state index in [2.05, 4.69) is 11.4 Å². The molecule has 2 aromatic carbocycles. The molecule has 0 bridgehead atoms. The van der Waals surface area contributed by atoms with Crippen LogP contribution in [0.15, 0.2) is 42.5 Å². The third-order valence-corrected chi connectivity index (χ3v) is 5.17. The highest BCUT2D eigenvalue weighted by atomic mass is 16.2. The SMILES string of the molecule is Cc1cccc(C)c1NC(=O)C[NH+]1CCN(C(=O)c2ccc(C#N)cc2)CC1. The van der Waals surface area contributed by atoms with Gasteiger partial charge in [-0.25, -0.2) is 0 Å². The monoisotopic (exact) mass is 377 g/mol. The molecule has 1 aliphatic rings. The number of benzene rings is 2. The van der Waals surface area contributed by atoms with Gasteiger partial charge in [0.1, 0.15) is 0 Å². The van der Waals surface area contributed by atoms with Crippen LogP contribution in [0.25, 0.3) is 0 Å². The molecular weight excluding hydrogens is 352 g/mol. The van der Waals surface area contributed by atoms with Gasteiger partial charge in [0, 0.05) is 11.3 Å². The van der Waals surface area contributed by atoms with Crippen LogP contribution in [0.1, 0.15) is 27.0 Å². The summed E-state index contributed by atoms with van der Waals surface area (Å²) >= 11 is 0. The van der Waals surface area contributed by atoms with E-state index >= 15 is 0 Å². The number of quaternary nitrogens is 1. The molecule has 2 aromatic rings. The predicted molar refractivity (Wildman–Crippen MR) is 107 cm³/mol. The van der Waals surface area contributed by atoms with Crippen LogP contribution < -0.4 is 10.2 Å². The fraction of sp³-hybridized carbons (Fsp3) is 0.318. The first-order valence-corrected chi connectivity index (χ1v) is 9.47. The van der Waals surface area contributed by atoms with Crippen molar-refractivity contribution in [1.82, 2.24) is 4.90 Å². The maximum absolute atomic E-state index is 12.6. The molecule has 0 atom stereocenters. The number of amides is 2. The summed E-state index contributed by atoms with van der Waals surface area (Å²) in [4.78, 5) is 28.0. The highest BCUT2D eigenvalue weighted by molar-refractivity contribution is 5.94. The molecule has 6 heteroatoms. The Hall–Kier alpha value is -3.17. The molecule has 144 valence electrons. The molecule has 1 heterocycles. The predicted octanol–water partition coefficient (Wildman–Crippen LogP) is 1.15. The zero-order valence-corrected chi connectivity index (χ0v) is 16.3. The molecular formula is C22H25N4O2+. The van der Waals surface area contributed by atoms with Gasteiger partial charge in [-0.2, -0.15) is 5.26 Å². The van der Waals surface area contributed by atoms with Crippen molar-refractivity contribution < 1.29 is 14.5 Å². The standard InChI is InChI=1S/C22H24N4O2/c1-16-4-3-5-17(2)21(16)24-20(27)15-25-10-12-26(13-11-25)22(28)19-8-6-18(14-23)7-9-19/h3-9H,10-13,15H2,1-2H3,(H,24,27)/p+1. The molecule has 2 N–H and O–H groups in total. The second-order valence-corrected chi connectivity index (χ2v) is 7.22. The van der Waals surface area contributed by atoms with E-state index in [0.717, 1.165) is 29.9 Å². The molecule has 0 saturated carbocycles. The molecule has 0 aliphatic carbocycles. The first-order valence-electron chi connectivity index (χ1n) is 9.47. The Labute approximate surface area is 165 Å². The number of nitrogens with one attached hydrogen (secondary N) is 2. The van der Waals surface area contributed by atoms with Gasteiger partial charge in [0.15, 0.2) is 6.54 Å². The van der Waals surface area contributed by atoms with Crippen LogP contribution in [0.5, 0.6) is 0 Å². The normalized spacial score (nSPS) is 14.4. The summed E-state index contributed by atoms with van der Waals surface area (Å²) in [6.45, 7) is 7.08. The topological polar surface area (TPSA) is 77.6 Å². The molecule has 6 nitrogen and oxygen atoms in total. The first-order chi connectivity index (χ1) is 13.5. The second kappa shape index (κ2) is 8.68. The highest BCUT2D eigenvalue weighted by Crippen LogP contribution is 2.18. The van der Waals surface area contributed by atoms with Crippen molar-refractivity contribution in [2.75, 3.05) is 38.0 Å². The number of carbonyl (C=O) groups excluding carboxylic acids is 2. The van der Waals surface area contributed by atoms with Crippen LogP contribution in [0.3, 0.4) is 0 Å². The van der Waals surface area contributed by atoms with Crippen molar-refractivity contribution in [1.29, 1.82) is 5.26 Å². The van der Waals surface area contributed by atoms with Crippen molar-refractivity contribution in [3.05, 3.63) is 64.7 Å². The van der Waals surface area contributed by atoms with Gasteiger partial charge in [0.25, 0.3) is 11.8 Å². The van der Waals surface area contributed by atoms with Gasteiger partial charge in [-0.1, -0.05) is 18.2 Å². The second-order valence-electron chi connectivity index (χ2n) is 7.22. The lowest BCUT2D eigenvalue weighted by molar-refractivity contribution is -0.895. The first kappa shape index (κ1) is 19.6. The van der Waals surface area contributed by atoms with E-state index in [1.807, 2.05) is 36.9 Å². The number of nitrogens with zero attached hydrogens (tertiary/aromatic N) is 2. The number of aryl methyl sites for hydroxylation is 2. The van der Waals surface area contributed by atoms with Crippen LogP contribution in [-0.2, 0) is 4.79 Å². The largest absolute Gasteiger partial charge is 0.327 e. The maximum atomic E-state index is 12.6. The summed E-state index contributed by atoms with van der Waals surface area (Å²) in [6, 6.07) is 14.7. The summed E-state index contributed by atoms with van der Waals surface area (Å²) in [5.74, 6) is -0.0252. The maximum Gasteiger partial charge on any atom is 0.279 e. The Balaban J connectivity index is 1.51. The number of rotatable bonds is 4. The minimum atomic E-state index is -0.0245. The van der Waals surface area contributed by atoms with Gasteiger partial charge in [-0.3, -0.25) is 9.59 Å². The zero-order valence-electron chi connectivity index (χ0n) is 16.3. The average Bonchev–Trinajstić information content (AvgIpc) is 2.71. The van der Waals surface area contributed by atoms with E-state index in [0.29, 0.717) is 30.8 Å². The van der Waals surface area contributed by atoms with Gasteiger partial charge in [0.2, 0.25) is 0 Å². The van der Waals surface area contributed by atoms with E-state index in [1.54, 1.807) is 24.3 Å². The van der Waals surface area contributed by atoms with Gasteiger partial charge in [0.05, 0.1) is 37.8 Å². The molecule has 0 aromatic heterocycles. The lowest BCUT2D eigenvalue weighted by Crippen LogP contribution is -3.15. The highest BCUT2D eigenvalue weighted by Gasteiger charge is 2.26. The lowest BCUT2D eigenvalue weighted by atomic mass is 10.1. The van der Waals surface area contributed by atoms with Crippen LogP contribution in [0, 0.1) is 25.2 Å². The summed E-state index contributed by atoms with van der Waals surface area (Å²) in [5.41, 5.74) is 4.14. The molecule has 1 fully saturated rings. The number of carbonyl (C=O) groups is 2. The Kier molecular flexibility index (Phi) is 6.07.